The Labute approximate surface area is 251 Å². The van der Waals surface area contributed by atoms with E-state index in [9.17, 15) is 0 Å². The Morgan fingerprint density at radius 1 is 0.581 bits per heavy atom. The number of nitrogens with zero attached hydrogens (tertiary/aromatic N) is 2. The molecule has 2 heterocycles. The quantitative estimate of drug-likeness (QED) is 0.202. The molecule has 3 aliphatic rings. The number of aromatic nitrogens is 2. The second-order valence-corrected chi connectivity index (χ2v) is 12.8. The lowest BCUT2D eigenvalue weighted by Gasteiger charge is -2.33. The molecule has 0 amide bonds. The van der Waals surface area contributed by atoms with E-state index in [1.807, 2.05) is 0 Å². The van der Waals surface area contributed by atoms with Gasteiger partial charge in [-0.2, -0.15) is 0 Å². The topological polar surface area (TPSA) is 9.86 Å². The average molecular weight is 553 g/mol. The predicted molar refractivity (Wildman–Crippen MR) is 180 cm³/mol. The molecule has 2 nitrogen and oxygen atoms in total. The van der Waals surface area contributed by atoms with Crippen LogP contribution >= 0.6 is 0 Å². The van der Waals surface area contributed by atoms with Crippen molar-refractivity contribution in [3.63, 3.8) is 0 Å². The van der Waals surface area contributed by atoms with Gasteiger partial charge >= 0.3 is 0 Å². The smallest absolute Gasteiger partial charge is 0.0563 e. The molecule has 2 heteroatoms. The van der Waals surface area contributed by atoms with Crippen molar-refractivity contribution >= 4 is 49.2 Å². The summed E-state index contributed by atoms with van der Waals surface area (Å²) in [6, 6.07) is 43.3. The van der Waals surface area contributed by atoms with Gasteiger partial charge in [0.1, 0.15) is 0 Å². The zero-order chi connectivity index (χ0) is 28.1. The van der Waals surface area contributed by atoms with Gasteiger partial charge in [-0.05, 0) is 77.9 Å². The molecule has 3 aliphatic carbocycles. The highest BCUT2D eigenvalue weighted by Crippen LogP contribution is 2.59. The van der Waals surface area contributed by atoms with E-state index >= 15 is 0 Å². The summed E-state index contributed by atoms with van der Waals surface area (Å²) in [4.78, 5) is 0. The predicted octanol–water partition coefficient (Wildman–Crippen LogP) is 10.7. The second-order valence-electron chi connectivity index (χ2n) is 12.8. The minimum atomic E-state index is 0.140. The molecule has 0 bridgehead atoms. The van der Waals surface area contributed by atoms with Gasteiger partial charge in [-0.3, -0.25) is 0 Å². The number of hydrogen-bond acceptors (Lipinski definition) is 0. The average Bonchev–Trinajstić information content (AvgIpc) is 3.83. The third kappa shape index (κ3) is 3.08. The van der Waals surface area contributed by atoms with Crippen LogP contribution in [0.25, 0.3) is 54.9 Å². The van der Waals surface area contributed by atoms with E-state index in [1.54, 1.807) is 11.1 Å². The molecule has 10 rings (SSSR count). The van der Waals surface area contributed by atoms with Crippen LogP contribution in [0.3, 0.4) is 0 Å². The van der Waals surface area contributed by atoms with Crippen molar-refractivity contribution in [1.82, 2.24) is 9.13 Å². The zero-order valence-electron chi connectivity index (χ0n) is 24.1. The number of hydrogen-bond donors (Lipinski definition) is 0. The molecule has 1 fully saturated rings. The minimum absolute atomic E-state index is 0.140. The van der Waals surface area contributed by atoms with Crippen LogP contribution in [-0.2, 0) is 5.41 Å². The first-order valence-electron chi connectivity index (χ1n) is 15.8. The summed E-state index contributed by atoms with van der Waals surface area (Å²) >= 11 is 0. The molecule has 5 aromatic carbocycles. The van der Waals surface area contributed by atoms with Gasteiger partial charge in [0.2, 0.25) is 0 Å². The number of benzene rings is 5. The molecule has 7 aromatic rings. The lowest BCUT2D eigenvalue weighted by Crippen LogP contribution is -2.25. The first kappa shape index (κ1) is 23.7. The summed E-state index contributed by atoms with van der Waals surface area (Å²) in [5.74, 6) is 0. The van der Waals surface area contributed by atoms with Crippen molar-refractivity contribution in [2.24, 2.45) is 0 Å². The second kappa shape index (κ2) is 8.61. The van der Waals surface area contributed by atoms with E-state index < -0.39 is 0 Å². The van der Waals surface area contributed by atoms with E-state index in [0.717, 1.165) is 6.42 Å². The zero-order valence-corrected chi connectivity index (χ0v) is 24.1. The fraction of sp³-hybridized carbons (Fsp3) is 0.171. The van der Waals surface area contributed by atoms with Crippen LogP contribution in [0.1, 0.15) is 49.3 Å². The van der Waals surface area contributed by atoms with Crippen LogP contribution in [0.4, 0.5) is 0 Å². The monoisotopic (exact) mass is 552 g/mol. The fourth-order valence-electron chi connectivity index (χ4n) is 9.10. The molecule has 1 spiro atoms. The van der Waals surface area contributed by atoms with Crippen molar-refractivity contribution in [2.75, 3.05) is 0 Å². The molecule has 1 atom stereocenters. The highest BCUT2D eigenvalue weighted by Gasteiger charge is 2.47. The third-order valence-electron chi connectivity index (χ3n) is 10.9. The Balaban J connectivity index is 1.14. The Kier molecular flexibility index (Phi) is 4.75. The summed E-state index contributed by atoms with van der Waals surface area (Å²) in [6.45, 7) is 0. The molecular weight excluding hydrogens is 520 g/mol. The SMILES string of the molecule is C1=CC(n2c3ccccc3c3ccccc32)CC2=C1c1ccc(-n3c4ccccc4c4ccccc43)cc1C21CCCC1. The maximum absolute atomic E-state index is 2.61. The third-order valence-corrected chi connectivity index (χ3v) is 10.9. The molecule has 1 saturated carbocycles. The summed E-state index contributed by atoms with van der Waals surface area (Å²) in [7, 11) is 0. The first-order chi connectivity index (χ1) is 21.3. The molecular formula is C41H32N2. The highest BCUT2D eigenvalue weighted by atomic mass is 15.0. The van der Waals surface area contributed by atoms with Gasteiger partial charge in [-0.25, -0.2) is 0 Å². The van der Waals surface area contributed by atoms with Crippen LogP contribution in [0.15, 0.2) is 133 Å². The Hall–Kier alpha value is -4.82. The van der Waals surface area contributed by atoms with Crippen LogP contribution in [0, 0.1) is 0 Å². The van der Waals surface area contributed by atoms with Gasteiger partial charge < -0.3 is 9.13 Å². The summed E-state index contributed by atoms with van der Waals surface area (Å²) in [5, 5.41) is 5.35. The van der Waals surface area contributed by atoms with E-state index in [2.05, 4.69) is 137 Å². The van der Waals surface area contributed by atoms with E-state index in [0.29, 0.717) is 6.04 Å². The normalized spacial score (nSPS) is 18.9. The van der Waals surface area contributed by atoms with Crippen molar-refractivity contribution in [1.29, 1.82) is 0 Å². The molecule has 0 radical (unpaired) electrons. The molecule has 0 N–H and O–H groups in total. The minimum Gasteiger partial charge on any atom is -0.333 e. The Morgan fingerprint density at radius 3 is 1.72 bits per heavy atom. The molecule has 43 heavy (non-hydrogen) atoms. The highest BCUT2D eigenvalue weighted by molar-refractivity contribution is 6.10. The van der Waals surface area contributed by atoms with Crippen molar-refractivity contribution in [3.8, 4) is 5.69 Å². The summed E-state index contributed by atoms with van der Waals surface area (Å²) in [5.41, 5.74) is 12.8. The first-order valence-corrected chi connectivity index (χ1v) is 15.8. The maximum Gasteiger partial charge on any atom is 0.0563 e. The van der Waals surface area contributed by atoms with E-state index in [1.165, 1.54) is 86.1 Å². The van der Waals surface area contributed by atoms with Gasteiger partial charge in [-0.15, -0.1) is 0 Å². The largest absolute Gasteiger partial charge is 0.333 e. The van der Waals surface area contributed by atoms with Crippen molar-refractivity contribution in [3.05, 3.63) is 144 Å². The van der Waals surface area contributed by atoms with Crippen LogP contribution in [0.2, 0.25) is 0 Å². The van der Waals surface area contributed by atoms with Gasteiger partial charge in [0.25, 0.3) is 0 Å². The van der Waals surface area contributed by atoms with Gasteiger partial charge in [0.05, 0.1) is 17.1 Å². The lowest BCUT2D eigenvalue weighted by atomic mass is 9.73. The number of rotatable bonds is 2. The molecule has 206 valence electrons. The van der Waals surface area contributed by atoms with Gasteiger partial charge in [-0.1, -0.05) is 104 Å². The van der Waals surface area contributed by atoms with Gasteiger partial charge in [0, 0.05) is 43.7 Å². The van der Waals surface area contributed by atoms with Gasteiger partial charge in [0.15, 0.2) is 0 Å². The number of fused-ring (bicyclic) bond motifs is 10. The molecule has 0 saturated heterocycles. The van der Waals surface area contributed by atoms with E-state index in [-0.39, 0.29) is 5.41 Å². The molecule has 2 aromatic heterocycles. The maximum atomic E-state index is 2.61. The number of para-hydroxylation sites is 4. The van der Waals surface area contributed by atoms with Crippen molar-refractivity contribution < 1.29 is 0 Å². The summed E-state index contributed by atoms with van der Waals surface area (Å²) in [6.07, 6.45) is 11.1. The van der Waals surface area contributed by atoms with E-state index in [4.69, 9.17) is 0 Å². The molecule has 0 aliphatic heterocycles. The standard InChI is InChI=1S/C41H32N2/c1-5-15-37-31(11-1)32-12-2-6-16-38(32)42(37)27-19-21-29-30-22-20-28(26-36(30)41(35(29)25-27)23-9-10-24-41)43-39-17-7-3-13-33(39)34-14-4-8-18-40(34)43/h1-8,11-22,25,28H,9-10,23-24,26H2. The fourth-order valence-corrected chi connectivity index (χ4v) is 9.10. The Morgan fingerprint density at radius 2 is 1.12 bits per heavy atom. The van der Waals surface area contributed by atoms with Crippen molar-refractivity contribution in [2.45, 2.75) is 43.6 Å². The number of allylic oxidation sites excluding steroid dienone is 4. The van der Waals surface area contributed by atoms with Crippen LogP contribution in [-0.4, -0.2) is 9.13 Å². The molecule has 1 unspecified atom stereocenters. The Bertz CT molecular complexity index is 2230. The van der Waals surface area contributed by atoms with Crippen LogP contribution in [0.5, 0.6) is 0 Å². The lowest BCUT2D eigenvalue weighted by molar-refractivity contribution is 0.484. The summed E-state index contributed by atoms with van der Waals surface area (Å²) < 4.78 is 5.10. The van der Waals surface area contributed by atoms with Crippen LogP contribution < -0.4 is 0 Å².